The zero-order chi connectivity index (χ0) is 18.6. The fraction of sp³-hybridized carbons (Fsp3) is 0.0952. The molecule has 6 heteroatoms. The van der Waals surface area contributed by atoms with E-state index in [4.69, 9.17) is 4.74 Å². The van der Waals surface area contributed by atoms with E-state index >= 15 is 0 Å². The van der Waals surface area contributed by atoms with Crippen molar-refractivity contribution in [1.29, 1.82) is 0 Å². The largest absolute Gasteiger partial charge is 0.465 e. The van der Waals surface area contributed by atoms with Gasteiger partial charge >= 0.3 is 5.97 Å². The summed E-state index contributed by atoms with van der Waals surface area (Å²) in [6, 6.07) is 19.7. The zero-order valence-corrected chi connectivity index (χ0v) is 15.5. The van der Waals surface area contributed by atoms with Gasteiger partial charge in [0.2, 0.25) is 0 Å². The Balaban J connectivity index is 1.44. The summed E-state index contributed by atoms with van der Waals surface area (Å²) in [5, 5.41) is 4.48. The molecule has 0 spiro atoms. The predicted octanol–water partition coefficient (Wildman–Crippen LogP) is 4.76. The number of methoxy groups -OCH3 is 1. The normalized spacial score (nSPS) is 10.7. The predicted molar refractivity (Wildman–Crippen MR) is 108 cm³/mol. The second-order valence-corrected chi connectivity index (χ2v) is 7.02. The van der Waals surface area contributed by atoms with Gasteiger partial charge in [-0.25, -0.2) is 4.79 Å². The van der Waals surface area contributed by atoms with Crippen LogP contribution in [0.4, 0.5) is 5.69 Å². The topological polar surface area (TPSA) is 64.1 Å². The first-order valence-corrected chi connectivity index (χ1v) is 9.28. The van der Waals surface area contributed by atoms with Crippen molar-refractivity contribution in [2.75, 3.05) is 12.4 Å². The minimum Gasteiger partial charge on any atom is -0.465 e. The molecule has 0 fully saturated rings. The fourth-order valence-electron chi connectivity index (χ4n) is 2.73. The number of ether oxygens (including phenoxy) is 1. The molecule has 3 heterocycles. The molecular formula is C21H17N3O2S. The van der Waals surface area contributed by atoms with Crippen molar-refractivity contribution < 1.29 is 9.53 Å². The number of rotatable bonds is 5. The monoisotopic (exact) mass is 375 g/mol. The molecule has 0 radical (unpaired) electrons. The van der Waals surface area contributed by atoms with Crippen molar-refractivity contribution in [2.45, 2.75) is 6.54 Å². The third kappa shape index (κ3) is 3.80. The maximum Gasteiger partial charge on any atom is 0.348 e. The summed E-state index contributed by atoms with van der Waals surface area (Å²) >= 11 is 1.37. The smallest absolute Gasteiger partial charge is 0.348 e. The van der Waals surface area contributed by atoms with Gasteiger partial charge in [0.05, 0.1) is 47.3 Å². The Labute approximate surface area is 160 Å². The summed E-state index contributed by atoms with van der Waals surface area (Å²) in [6.45, 7) is 0.622. The molecule has 1 aromatic carbocycles. The standard InChI is InChI=1S/C21H17N3O2S/c1-26-21(25)20-11-10-19(27-20)18-9-8-15(12-23-18)22-13-16-7-6-14-4-2-3-5-17(14)24-16/h2-12,22H,13H2,1H3. The number of hydrogen-bond donors (Lipinski definition) is 1. The molecule has 0 bridgehead atoms. The molecule has 4 aromatic rings. The number of aromatic nitrogens is 2. The first-order chi connectivity index (χ1) is 13.2. The number of thiophene rings is 1. The number of anilines is 1. The highest BCUT2D eigenvalue weighted by Gasteiger charge is 2.10. The number of carbonyl (C=O) groups is 1. The van der Waals surface area contributed by atoms with Gasteiger partial charge in [0.15, 0.2) is 0 Å². The van der Waals surface area contributed by atoms with Crippen LogP contribution in [0.2, 0.25) is 0 Å². The third-order valence-corrected chi connectivity index (χ3v) is 5.23. The van der Waals surface area contributed by atoms with Crippen molar-refractivity contribution in [3.8, 4) is 10.6 Å². The lowest BCUT2D eigenvalue weighted by molar-refractivity contribution is 0.0606. The van der Waals surface area contributed by atoms with Crippen LogP contribution in [0.1, 0.15) is 15.4 Å². The lowest BCUT2D eigenvalue weighted by atomic mass is 10.2. The van der Waals surface area contributed by atoms with Crippen LogP contribution in [-0.2, 0) is 11.3 Å². The number of nitrogens with one attached hydrogen (secondary N) is 1. The van der Waals surface area contributed by atoms with E-state index in [1.165, 1.54) is 18.4 Å². The van der Waals surface area contributed by atoms with E-state index in [2.05, 4.69) is 27.4 Å². The lowest BCUT2D eigenvalue weighted by Gasteiger charge is -2.07. The molecule has 1 N–H and O–H groups in total. The van der Waals surface area contributed by atoms with Crippen LogP contribution in [0.5, 0.6) is 0 Å². The molecule has 0 amide bonds. The van der Waals surface area contributed by atoms with Crippen LogP contribution in [0.3, 0.4) is 0 Å². The van der Waals surface area contributed by atoms with E-state index in [1.807, 2.05) is 42.5 Å². The summed E-state index contributed by atoms with van der Waals surface area (Å²) in [7, 11) is 1.38. The van der Waals surface area contributed by atoms with Crippen molar-refractivity contribution >= 4 is 33.9 Å². The Hall–Kier alpha value is -3.25. The van der Waals surface area contributed by atoms with Crippen LogP contribution in [0.25, 0.3) is 21.5 Å². The summed E-state index contributed by atoms with van der Waals surface area (Å²) in [5.74, 6) is -0.326. The molecule has 0 saturated heterocycles. The fourth-order valence-corrected chi connectivity index (χ4v) is 3.63. The summed E-state index contributed by atoms with van der Waals surface area (Å²) in [6.07, 6.45) is 1.79. The van der Waals surface area contributed by atoms with Gasteiger partial charge in [-0.1, -0.05) is 24.3 Å². The highest BCUT2D eigenvalue weighted by molar-refractivity contribution is 7.17. The Morgan fingerprint density at radius 2 is 1.96 bits per heavy atom. The van der Waals surface area contributed by atoms with Gasteiger partial charge in [-0.05, 0) is 36.4 Å². The number of esters is 1. The van der Waals surface area contributed by atoms with Gasteiger partial charge in [0, 0.05) is 5.39 Å². The third-order valence-electron chi connectivity index (χ3n) is 4.14. The second kappa shape index (κ2) is 7.55. The Morgan fingerprint density at radius 3 is 2.78 bits per heavy atom. The van der Waals surface area contributed by atoms with E-state index in [9.17, 15) is 4.79 Å². The van der Waals surface area contributed by atoms with Crippen molar-refractivity contribution in [3.05, 3.63) is 77.4 Å². The van der Waals surface area contributed by atoms with E-state index in [0.29, 0.717) is 11.4 Å². The zero-order valence-electron chi connectivity index (χ0n) is 14.7. The van der Waals surface area contributed by atoms with Gasteiger partial charge in [-0.3, -0.25) is 9.97 Å². The molecule has 0 saturated carbocycles. The summed E-state index contributed by atoms with van der Waals surface area (Å²) in [4.78, 5) is 22.2. The number of fused-ring (bicyclic) bond motifs is 1. The van der Waals surface area contributed by atoms with Crippen molar-refractivity contribution in [3.63, 3.8) is 0 Å². The molecule has 5 nitrogen and oxygen atoms in total. The van der Waals surface area contributed by atoms with E-state index in [0.717, 1.165) is 32.9 Å². The van der Waals surface area contributed by atoms with Crippen LogP contribution in [0.15, 0.2) is 66.9 Å². The molecule has 0 unspecified atom stereocenters. The Morgan fingerprint density at radius 1 is 1.07 bits per heavy atom. The molecule has 134 valence electrons. The van der Waals surface area contributed by atoms with Crippen molar-refractivity contribution in [1.82, 2.24) is 9.97 Å². The average Bonchev–Trinajstić information content (AvgIpc) is 3.22. The molecule has 3 aromatic heterocycles. The minimum absolute atomic E-state index is 0.326. The van der Waals surface area contributed by atoms with Gasteiger partial charge in [-0.2, -0.15) is 0 Å². The van der Waals surface area contributed by atoms with E-state index in [-0.39, 0.29) is 5.97 Å². The highest BCUT2D eigenvalue weighted by Crippen LogP contribution is 2.27. The summed E-state index contributed by atoms with van der Waals surface area (Å²) < 4.78 is 4.74. The van der Waals surface area contributed by atoms with Crippen LogP contribution in [-0.4, -0.2) is 23.0 Å². The molecular weight excluding hydrogens is 358 g/mol. The average molecular weight is 375 g/mol. The molecule has 0 aliphatic rings. The maximum atomic E-state index is 11.6. The number of nitrogens with zero attached hydrogens (tertiary/aromatic N) is 2. The van der Waals surface area contributed by atoms with Gasteiger partial charge in [0.1, 0.15) is 4.88 Å². The van der Waals surface area contributed by atoms with E-state index < -0.39 is 0 Å². The highest BCUT2D eigenvalue weighted by atomic mass is 32.1. The van der Waals surface area contributed by atoms with Crippen LogP contribution in [0, 0.1) is 0 Å². The number of para-hydroxylation sites is 1. The number of carbonyl (C=O) groups excluding carboxylic acids is 1. The Kier molecular flexibility index (Phi) is 4.80. The van der Waals surface area contributed by atoms with Crippen LogP contribution < -0.4 is 5.32 Å². The molecule has 4 rings (SSSR count). The number of hydrogen-bond acceptors (Lipinski definition) is 6. The number of benzene rings is 1. The SMILES string of the molecule is COC(=O)c1ccc(-c2ccc(NCc3ccc4ccccc4n3)cn2)s1. The van der Waals surface area contributed by atoms with Gasteiger partial charge in [0.25, 0.3) is 0 Å². The minimum atomic E-state index is -0.326. The Bertz CT molecular complexity index is 1090. The van der Waals surface area contributed by atoms with Gasteiger partial charge in [-0.15, -0.1) is 11.3 Å². The maximum absolute atomic E-state index is 11.6. The quantitative estimate of drug-likeness (QED) is 0.510. The van der Waals surface area contributed by atoms with Crippen LogP contribution >= 0.6 is 11.3 Å². The first kappa shape index (κ1) is 17.2. The molecule has 0 aliphatic carbocycles. The van der Waals surface area contributed by atoms with Gasteiger partial charge < -0.3 is 10.1 Å². The lowest BCUT2D eigenvalue weighted by Crippen LogP contribution is -2.02. The van der Waals surface area contributed by atoms with E-state index in [1.54, 1.807) is 12.3 Å². The molecule has 0 aliphatic heterocycles. The first-order valence-electron chi connectivity index (χ1n) is 8.46. The molecule has 27 heavy (non-hydrogen) atoms. The van der Waals surface area contributed by atoms with Crippen molar-refractivity contribution in [2.24, 2.45) is 0 Å². The summed E-state index contributed by atoms with van der Waals surface area (Å²) in [5.41, 5.74) is 3.70. The molecule has 0 atom stereocenters. The number of pyridine rings is 2. The second-order valence-electron chi connectivity index (χ2n) is 5.94.